The van der Waals surface area contributed by atoms with Gasteiger partial charge in [0.15, 0.2) is 0 Å². The van der Waals surface area contributed by atoms with Crippen molar-refractivity contribution in [1.29, 1.82) is 0 Å². The molecule has 4 nitrogen and oxygen atoms in total. The second kappa shape index (κ2) is 6.09. The van der Waals surface area contributed by atoms with E-state index in [4.69, 9.17) is 13.5 Å². The first-order valence-electron chi connectivity index (χ1n) is 6.94. The number of hydrogen-bond acceptors (Lipinski definition) is 4. The molecular weight excluding hydrogens is 299 g/mol. The van der Waals surface area contributed by atoms with Crippen LogP contribution in [0.1, 0.15) is 11.3 Å². The molecule has 2 aromatic carbocycles. The minimum Gasteiger partial charge on any atom is -0.451 e. The molecule has 5 heteroatoms. The largest absolute Gasteiger partial charge is 0.451 e. The van der Waals surface area contributed by atoms with Crippen LogP contribution in [-0.2, 0) is 20.0 Å². The molecule has 22 heavy (non-hydrogen) atoms. The summed E-state index contributed by atoms with van der Waals surface area (Å²) in [4.78, 5) is 0. The maximum atomic E-state index is 12.7. The van der Waals surface area contributed by atoms with Crippen molar-refractivity contribution in [3.63, 3.8) is 0 Å². The van der Waals surface area contributed by atoms with Crippen molar-refractivity contribution in [3.8, 4) is 0 Å². The molecular formula is C17H17O4P. The van der Waals surface area contributed by atoms with E-state index in [1.165, 1.54) is 14.2 Å². The highest BCUT2D eigenvalue weighted by Gasteiger charge is 2.32. The van der Waals surface area contributed by atoms with Gasteiger partial charge in [-0.3, -0.25) is 4.57 Å². The molecule has 0 spiro atoms. The van der Waals surface area contributed by atoms with Crippen LogP contribution in [0.3, 0.4) is 0 Å². The van der Waals surface area contributed by atoms with E-state index in [1.807, 2.05) is 54.6 Å². The van der Waals surface area contributed by atoms with E-state index in [-0.39, 0.29) is 5.50 Å². The van der Waals surface area contributed by atoms with Gasteiger partial charge in [-0.1, -0.05) is 54.6 Å². The summed E-state index contributed by atoms with van der Waals surface area (Å²) < 4.78 is 28.8. The van der Waals surface area contributed by atoms with E-state index in [0.717, 1.165) is 22.1 Å². The van der Waals surface area contributed by atoms with Crippen LogP contribution >= 0.6 is 7.60 Å². The Kier molecular flexibility index (Phi) is 4.16. The third-order valence-corrected chi connectivity index (χ3v) is 5.41. The van der Waals surface area contributed by atoms with Gasteiger partial charge >= 0.3 is 7.60 Å². The van der Waals surface area contributed by atoms with E-state index in [0.29, 0.717) is 6.42 Å². The van der Waals surface area contributed by atoms with Gasteiger partial charge in [0.25, 0.3) is 0 Å². The standard InChI is InChI=1S/C17H17O4P/c1-19-22(18,20-2)17-15-11-7-6-10-14(15)16(21-17)12-13-8-4-3-5-9-13/h3-11H,12H2,1-2H3. The van der Waals surface area contributed by atoms with Gasteiger partial charge in [-0.2, -0.15) is 0 Å². The van der Waals surface area contributed by atoms with Crippen molar-refractivity contribution in [3.05, 3.63) is 65.9 Å². The lowest BCUT2D eigenvalue weighted by Gasteiger charge is -2.10. The predicted molar refractivity (Wildman–Crippen MR) is 86.7 cm³/mol. The quantitative estimate of drug-likeness (QED) is 0.664. The van der Waals surface area contributed by atoms with E-state index >= 15 is 0 Å². The second-order valence-electron chi connectivity index (χ2n) is 4.90. The summed E-state index contributed by atoms with van der Waals surface area (Å²) in [5.74, 6) is 0.756. The fourth-order valence-electron chi connectivity index (χ4n) is 2.50. The summed E-state index contributed by atoms with van der Waals surface area (Å²) in [6.45, 7) is 0. The fraction of sp³-hybridized carbons (Fsp3) is 0.176. The van der Waals surface area contributed by atoms with Gasteiger partial charge in [0.1, 0.15) is 5.76 Å². The minimum atomic E-state index is -3.43. The average Bonchev–Trinajstić information content (AvgIpc) is 2.95. The van der Waals surface area contributed by atoms with Crippen LogP contribution in [0.15, 0.2) is 59.0 Å². The molecule has 0 unspecified atom stereocenters. The highest BCUT2D eigenvalue weighted by Crippen LogP contribution is 2.48. The van der Waals surface area contributed by atoms with Crippen LogP contribution in [0, 0.1) is 0 Å². The SMILES string of the molecule is COP(=O)(OC)c1oc(Cc2ccccc2)c2ccccc12. The first kappa shape index (κ1) is 15.0. The fourth-order valence-corrected chi connectivity index (χ4v) is 3.69. The maximum absolute atomic E-state index is 12.7. The van der Waals surface area contributed by atoms with Gasteiger partial charge in [-0.15, -0.1) is 0 Å². The Bertz CT molecular complexity index is 815. The Morgan fingerprint density at radius 3 is 2.14 bits per heavy atom. The number of fused-ring (bicyclic) bond motifs is 1. The normalized spacial score (nSPS) is 11.9. The van der Waals surface area contributed by atoms with Gasteiger partial charge < -0.3 is 13.5 Å². The highest BCUT2D eigenvalue weighted by atomic mass is 31.2. The molecule has 114 valence electrons. The zero-order valence-corrected chi connectivity index (χ0v) is 13.4. The molecule has 1 aromatic heterocycles. The van der Waals surface area contributed by atoms with E-state index < -0.39 is 7.60 Å². The summed E-state index contributed by atoms with van der Waals surface area (Å²) in [7, 11) is -0.710. The zero-order chi connectivity index (χ0) is 15.6. The summed E-state index contributed by atoms with van der Waals surface area (Å²) >= 11 is 0. The number of furan rings is 1. The Morgan fingerprint density at radius 2 is 1.50 bits per heavy atom. The molecule has 0 atom stereocenters. The molecule has 0 saturated heterocycles. The van der Waals surface area contributed by atoms with E-state index in [1.54, 1.807) is 0 Å². The first-order chi connectivity index (χ1) is 10.7. The molecule has 3 rings (SSSR count). The average molecular weight is 316 g/mol. The van der Waals surface area contributed by atoms with Crippen molar-refractivity contribution >= 4 is 23.9 Å². The molecule has 0 aliphatic carbocycles. The Hall–Kier alpha value is -1.87. The lowest BCUT2D eigenvalue weighted by molar-refractivity contribution is 0.281. The summed E-state index contributed by atoms with van der Waals surface area (Å²) in [5, 5.41) is 1.69. The third kappa shape index (κ3) is 2.61. The number of hydrogen-bond donors (Lipinski definition) is 0. The smallest absolute Gasteiger partial charge is 0.396 e. The van der Waals surface area contributed by atoms with Crippen molar-refractivity contribution < 1.29 is 18.0 Å². The molecule has 0 radical (unpaired) electrons. The summed E-state index contributed by atoms with van der Waals surface area (Å²) in [6.07, 6.45) is 0.620. The molecule has 0 N–H and O–H groups in total. The highest BCUT2D eigenvalue weighted by molar-refractivity contribution is 7.62. The Morgan fingerprint density at radius 1 is 0.909 bits per heavy atom. The van der Waals surface area contributed by atoms with Gasteiger partial charge in [0.05, 0.1) is 0 Å². The molecule has 0 saturated carbocycles. The Balaban J connectivity index is 2.14. The van der Waals surface area contributed by atoms with Gasteiger partial charge in [-0.25, -0.2) is 0 Å². The summed E-state index contributed by atoms with van der Waals surface area (Å²) in [5.41, 5.74) is 1.39. The van der Waals surface area contributed by atoms with Gasteiger partial charge in [-0.05, 0) is 5.56 Å². The molecule has 0 fully saturated rings. The van der Waals surface area contributed by atoms with Crippen LogP contribution in [0.25, 0.3) is 10.8 Å². The summed E-state index contributed by atoms with van der Waals surface area (Å²) in [6, 6.07) is 17.6. The van der Waals surface area contributed by atoms with Gasteiger partial charge in [0, 0.05) is 31.4 Å². The maximum Gasteiger partial charge on any atom is 0.396 e. The third-order valence-electron chi connectivity index (χ3n) is 3.61. The lowest BCUT2D eigenvalue weighted by atomic mass is 10.1. The molecule has 3 aromatic rings. The first-order valence-corrected chi connectivity index (χ1v) is 8.48. The van der Waals surface area contributed by atoms with Crippen molar-refractivity contribution in [2.24, 2.45) is 0 Å². The van der Waals surface area contributed by atoms with Crippen LogP contribution in [0.2, 0.25) is 0 Å². The second-order valence-corrected chi connectivity index (χ2v) is 7.03. The zero-order valence-electron chi connectivity index (χ0n) is 12.5. The number of benzene rings is 2. The molecule has 0 aliphatic rings. The topological polar surface area (TPSA) is 48.7 Å². The van der Waals surface area contributed by atoms with Crippen LogP contribution in [0.5, 0.6) is 0 Å². The van der Waals surface area contributed by atoms with Crippen LogP contribution < -0.4 is 5.50 Å². The van der Waals surface area contributed by atoms with Crippen LogP contribution in [0.4, 0.5) is 0 Å². The molecule has 0 aliphatic heterocycles. The van der Waals surface area contributed by atoms with Crippen molar-refractivity contribution in [2.75, 3.05) is 14.2 Å². The van der Waals surface area contributed by atoms with E-state index in [9.17, 15) is 4.57 Å². The molecule has 0 bridgehead atoms. The van der Waals surface area contributed by atoms with Crippen molar-refractivity contribution in [2.45, 2.75) is 6.42 Å². The lowest BCUT2D eigenvalue weighted by Crippen LogP contribution is -2.06. The van der Waals surface area contributed by atoms with Crippen molar-refractivity contribution in [1.82, 2.24) is 0 Å². The molecule has 1 heterocycles. The van der Waals surface area contributed by atoms with E-state index in [2.05, 4.69) is 0 Å². The monoisotopic (exact) mass is 316 g/mol. The molecule has 0 amide bonds. The minimum absolute atomic E-state index is 0.263. The van der Waals surface area contributed by atoms with Crippen LogP contribution in [-0.4, -0.2) is 14.2 Å². The Labute approximate surface area is 129 Å². The number of rotatable bonds is 5. The predicted octanol–water partition coefficient (Wildman–Crippen LogP) is 4.13. The van der Waals surface area contributed by atoms with Gasteiger partial charge in [0.2, 0.25) is 5.50 Å².